The summed E-state index contributed by atoms with van der Waals surface area (Å²) in [6.07, 6.45) is 2.00. The summed E-state index contributed by atoms with van der Waals surface area (Å²) in [5, 5.41) is 0. The minimum atomic E-state index is -4.31. The van der Waals surface area contributed by atoms with Crippen LogP contribution in [0.3, 0.4) is 0 Å². The highest BCUT2D eigenvalue weighted by atomic mass is 32.2. The molecule has 0 radical (unpaired) electrons. The van der Waals surface area contributed by atoms with Gasteiger partial charge in [-0.15, -0.1) is 6.58 Å². The number of para-hydroxylation sites is 1. The van der Waals surface area contributed by atoms with E-state index >= 15 is 0 Å². The van der Waals surface area contributed by atoms with Crippen molar-refractivity contribution >= 4 is 10.1 Å². The van der Waals surface area contributed by atoms with Crippen LogP contribution in [0.25, 0.3) is 0 Å². The Kier molecular flexibility index (Phi) is 4.37. The third-order valence-electron chi connectivity index (χ3n) is 2.66. The van der Waals surface area contributed by atoms with Gasteiger partial charge in [0.05, 0.1) is 0 Å². The maximum atomic E-state index is 13.1. The van der Waals surface area contributed by atoms with Gasteiger partial charge in [0.15, 0.2) is 0 Å². The summed E-state index contributed by atoms with van der Waals surface area (Å²) in [5.74, 6) is -1.88. The molecule has 3 nitrogen and oxygen atoms in total. The van der Waals surface area contributed by atoms with Gasteiger partial charge in [-0.25, -0.2) is 8.78 Å². The molecule has 110 valence electrons. The lowest BCUT2D eigenvalue weighted by molar-refractivity contribution is 0.480. The SMILES string of the molecule is C=CCc1ccccc1OS(=O)(=O)c1cc(F)cc(F)c1. The highest BCUT2D eigenvalue weighted by Gasteiger charge is 2.20. The molecule has 0 saturated heterocycles. The Morgan fingerprint density at radius 3 is 2.33 bits per heavy atom. The second-order valence-electron chi connectivity index (χ2n) is 4.24. The Bertz CT molecular complexity index is 750. The van der Waals surface area contributed by atoms with E-state index in [1.165, 1.54) is 6.07 Å². The summed E-state index contributed by atoms with van der Waals surface area (Å²) >= 11 is 0. The Balaban J connectivity index is 2.40. The molecule has 0 heterocycles. The first-order valence-electron chi connectivity index (χ1n) is 6.02. The molecule has 0 aromatic heterocycles. The molecule has 2 rings (SSSR count). The summed E-state index contributed by atoms with van der Waals surface area (Å²) in [4.78, 5) is -0.576. The van der Waals surface area contributed by atoms with Crippen molar-refractivity contribution in [1.82, 2.24) is 0 Å². The third-order valence-corrected chi connectivity index (χ3v) is 3.87. The quantitative estimate of drug-likeness (QED) is 0.627. The molecule has 21 heavy (non-hydrogen) atoms. The first kappa shape index (κ1) is 15.2. The fraction of sp³-hybridized carbons (Fsp3) is 0.0667. The van der Waals surface area contributed by atoms with Crippen molar-refractivity contribution in [3.8, 4) is 5.75 Å². The van der Waals surface area contributed by atoms with Gasteiger partial charge >= 0.3 is 10.1 Å². The van der Waals surface area contributed by atoms with Gasteiger partial charge in [-0.3, -0.25) is 0 Å². The van der Waals surface area contributed by atoms with E-state index in [-0.39, 0.29) is 5.75 Å². The standard InChI is InChI=1S/C15H12F2O3S/c1-2-5-11-6-3-4-7-15(11)20-21(18,19)14-9-12(16)8-13(17)10-14/h2-4,6-10H,1,5H2. The summed E-state index contributed by atoms with van der Waals surface area (Å²) in [6.45, 7) is 3.57. The number of halogens is 2. The summed E-state index contributed by atoms with van der Waals surface area (Å²) < 4.78 is 55.4. The van der Waals surface area contributed by atoms with Crippen LogP contribution in [0.15, 0.2) is 60.0 Å². The maximum absolute atomic E-state index is 13.1. The van der Waals surface area contributed by atoms with Gasteiger partial charge in [-0.2, -0.15) is 8.42 Å². The highest BCUT2D eigenvalue weighted by molar-refractivity contribution is 7.87. The number of hydrogen-bond donors (Lipinski definition) is 0. The van der Waals surface area contributed by atoms with E-state index < -0.39 is 26.6 Å². The molecule has 0 aliphatic carbocycles. The number of hydrogen-bond acceptors (Lipinski definition) is 3. The van der Waals surface area contributed by atoms with Crippen LogP contribution in [0, 0.1) is 11.6 Å². The molecule has 0 N–H and O–H groups in total. The van der Waals surface area contributed by atoms with Crippen LogP contribution in [-0.4, -0.2) is 8.42 Å². The van der Waals surface area contributed by atoms with E-state index in [4.69, 9.17) is 4.18 Å². The minimum Gasteiger partial charge on any atom is -0.379 e. The zero-order chi connectivity index (χ0) is 15.5. The van der Waals surface area contributed by atoms with E-state index in [1.54, 1.807) is 24.3 Å². The van der Waals surface area contributed by atoms with Gasteiger partial charge in [0.2, 0.25) is 0 Å². The number of rotatable bonds is 5. The summed E-state index contributed by atoms with van der Waals surface area (Å²) in [5.41, 5.74) is 0.605. The molecule has 0 atom stereocenters. The molecule has 0 aliphatic rings. The van der Waals surface area contributed by atoms with Crippen LogP contribution in [0.2, 0.25) is 0 Å². The molecule has 0 aliphatic heterocycles. The van der Waals surface area contributed by atoms with E-state index in [2.05, 4.69) is 6.58 Å². The van der Waals surface area contributed by atoms with Gasteiger partial charge in [-0.05, 0) is 30.2 Å². The number of benzene rings is 2. The lowest BCUT2D eigenvalue weighted by Crippen LogP contribution is -2.11. The molecule has 0 spiro atoms. The fourth-order valence-corrected chi connectivity index (χ4v) is 2.76. The largest absolute Gasteiger partial charge is 0.379 e. The first-order chi connectivity index (χ1) is 9.92. The fourth-order valence-electron chi connectivity index (χ4n) is 1.75. The minimum absolute atomic E-state index is 0.0991. The monoisotopic (exact) mass is 310 g/mol. The first-order valence-corrected chi connectivity index (χ1v) is 7.42. The average molecular weight is 310 g/mol. The van der Waals surface area contributed by atoms with Crippen LogP contribution in [0.1, 0.15) is 5.56 Å². The van der Waals surface area contributed by atoms with E-state index in [0.717, 1.165) is 0 Å². The van der Waals surface area contributed by atoms with Crippen molar-refractivity contribution in [3.05, 3.63) is 72.3 Å². The predicted molar refractivity (Wildman–Crippen MR) is 74.5 cm³/mol. The van der Waals surface area contributed by atoms with Crippen LogP contribution >= 0.6 is 0 Å². The van der Waals surface area contributed by atoms with Crippen LogP contribution in [-0.2, 0) is 16.5 Å². The summed E-state index contributed by atoms with van der Waals surface area (Å²) in [6, 6.07) is 8.46. The van der Waals surface area contributed by atoms with Crippen molar-refractivity contribution in [2.24, 2.45) is 0 Å². The molecule has 0 unspecified atom stereocenters. The van der Waals surface area contributed by atoms with Crippen molar-refractivity contribution in [2.75, 3.05) is 0 Å². The van der Waals surface area contributed by atoms with Gasteiger partial charge in [-0.1, -0.05) is 24.3 Å². The van der Waals surface area contributed by atoms with Crippen LogP contribution in [0.5, 0.6) is 5.75 Å². The normalized spacial score (nSPS) is 11.1. The molecule has 2 aromatic carbocycles. The molecular weight excluding hydrogens is 298 g/mol. The second kappa shape index (κ2) is 6.05. The van der Waals surface area contributed by atoms with Crippen LogP contribution < -0.4 is 4.18 Å². The van der Waals surface area contributed by atoms with Gasteiger partial charge < -0.3 is 4.18 Å². The van der Waals surface area contributed by atoms with Crippen molar-refractivity contribution in [2.45, 2.75) is 11.3 Å². The van der Waals surface area contributed by atoms with Crippen molar-refractivity contribution in [1.29, 1.82) is 0 Å². The molecule has 0 bridgehead atoms. The molecule has 0 fully saturated rings. The molecule has 0 saturated carbocycles. The van der Waals surface area contributed by atoms with E-state index in [9.17, 15) is 17.2 Å². The molecule has 6 heteroatoms. The predicted octanol–water partition coefficient (Wildman–Crippen LogP) is 3.46. The van der Waals surface area contributed by atoms with Crippen LogP contribution in [0.4, 0.5) is 8.78 Å². The molecule has 2 aromatic rings. The summed E-state index contributed by atoms with van der Waals surface area (Å²) in [7, 11) is -4.31. The van der Waals surface area contributed by atoms with Gasteiger partial charge in [0, 0.05) is 6.07 Å². The third kappa shape index (κ3) is 3.66. The Morgan fingerprint density at radius 2 is 1.71 bits per heavy atom. The topological polar surface area (TPSA) is 43.4 Å². The lowest BCUT2D eigenvalue weighted by Gasteiger charge is -2.10. The zero-order valence-corrected chi connectivity index (χ0v) is 11.7. The number of allylic oxidation sites excluding steroid dienone is 1. The van der Waals surface area contributed by atoms with E-state index in [0.29, 0.717) is 30.2 Å². The zero-order valence-electron chi connectivity index (χ0n) is 10.9. The van der Waals surface area contributed by atoms with Gasteiger partial charge in [0.25, 0.3) is 0 Å². The maximum Gasteiger partial charge on any atom is 0.339 e. The Hall–Kier alpha value is -2.21. The second-order valence-corrected chi connectivity index (χ2v) is 5.79. The van der Waals surface area contributed by atoms with Crippen molar-refractivity contribution in [3.63, 3.8) is 0 Å². The molecule has 0 amide bonds. The highest BCUT2D eigenvalue weighted by Crippen LogP contribution is 2.24. The van der Waals surface area contributed by atoms with Crippen molar-refractivity contribution < 1.29 is 21.4 Å². The smallest absolute Gasteiger partial charge is 0.339 e. The Labute approximate surface area is 121 Å². The van der Waals surface area contributed by atoms with E-state index in [1.807, 2.05) is 0 Å². The Morgan fingerprint density at radius 1 is 1.10 bits per heavy atom. The van der Waals surface area contributed by atoms with Gasteiger partial charge in [0.1, 0.15) is 22.3 Å². The average Bonchev–Trinajstić information content (AvgIpc) is 2.40. The molecular formula is C15H12F2O3S. The lowest BCUT2D eigenvalue weighted by atomic mass is 10.1.